The molecule has 4 amide bonds. The Morgan fingerprint density at radius 2 is 1.96 bits per heavy atom. The van der Waals surface area contributed by atoms with Crippen LogP contribution in [0.25, 0.3) is 10.8 Å². The summed E-state index contributed by atoms with van der Waals surface area (Å²) in [6.45, 7) is 0.849. The van der Waals surface area contributed by atoms with Gasteiger partial charge >= 0.3 is 6.03 Å². The highest BCUT2D eigenvalue weighted by molar-refractivity contribution is 6.24. The summed E-state index contributed by atoms with van der Waals surface area (Å²) in [5, 5.41) is 7.15. The number of carbonyl (C=O) groups excluding carboxylic acids is 3. The molecule has 7 nitrogen and oxygen atoms in total. The van der Waals surface area contributed by atoms with Crippen molar-refractivity contribution < 1.29 is 19.1 Å². The molecule has 1 heterocycles. The van der Waals surface area contributed by atoms with Gasteiger partial charge in [-0.15, -0.1) is 0 Å². The number of imide groups is 1. The van der Waals surface area contributed by atoms with E-state index < -0.39 is 12.1 Å². The summed E-state index contributed by atoms with van der Waals surface area (Å²) in [6.07, 6.45) is 0.411. The van der Waals surface area contributed by atoms with Crippen molar-refractivity contribution in [2.45, 2.75) is 18.9 Å². The first-order valence-corrected chi connectivity index (χ1v) is 8.49. The molecule has 0 unspecified atom stereocenters. The number of carbonyl (C=O) groups is 3. The molecular formula is C19H21N3O4. The van der Waals surface area contributed by atoms with E-state index in [1.165, 1.54) is 0 Å². The molecule has 2 N–H and O–H groups in total. The molecule has 3 rings (SSSR count). The van der Waals surface area contributed by atoms with E-state index in [1.54, 1.807) is 13.2 Å². The van der Waals surface area contributed by atoms with Crippen molar-refractivity contribution in [1.29, 1.82) is 0 Å². The lowest BCUT2D eigenvalue weighted by molar-refractivity contribution is -0.122. The molecule has 2 aromatic carbocycles. The van der Waals surface area contributed by atoms with Crippen LogP contribution in [0, 0.1) is 0 Å². The van der Waals surface area contributed by atoms with Gasteiger partial charge in [-0.05, 0) is 17.9 Å². The summed E-state index contributed by atoms with van der Waals surface area (Å²) >= 11 is 0. The first-order valence-electron chi connectivity index (χ1n) is 8.49. The predicted octanol–water partition coefficient (Wildman–Crippen LogP) is 1.81. The molecule has 1 saturated heterocycles. The van der Waals surface area contributed by atoms with Crippen molar-refractivity contribution in [3.8, 4) is 0 Å². The molecule has 1 atom stereocenters. The number of benzene rings is 2. The molecule has 136 valence electrons. The topological polar surface area (TPSA) is 87.7 Å². The van der Waals surface area contributed by atoms with Crippen LogP contribution < -0.4 is 15.5 Å². The highest BCUT2D eigenvalue weighted by Gasteiger charge is 2.39. The molecule has 0 spiro atoms. The summed E-state index contributed by atoms with van der Waals surface area (Å²) in [5.41, 5.74) is 0.553. The van der Waals surface area contributed by atoms with E-state index in [9.17, 15) is 14.4 Å². The number of methoxy groups -OCH3 is 1. The molecule has 26 heavy (non-hydrogen) atoms. The molecule has 0 radical (unpaired) electrons. The monoisotopic (exact) mass is 355 g/mol. The minimum absolute atomic E-state index is 0.157. The molecule has 0 aliphatic carbocycles. The predicted molar refractivity (Wildman–Crippen MR) is 97.9 cm³/mol. The highest BCUT2D eigenvalue weighted by Crippen LogP contribution is 2.29. The maximum Gasteiger partial charge on any atom is 0.329 e. The molecule has 0 saturated carbocycles. The Kier molecular flexibility index (Phi) is 5.48. The van der Waals surface area contributed by atoms with Gasteiger partial charge in [-0.3, -0.25) is 9.59 Å². The van der Waals surface area contributed by atoms with Crippen molar-refractivity contribution in [2.24, 2.45) is 0 Å². The Morgan fingerprint density at radius 3 is 2.77 bits per heavy atom. The van der Waals surface area contributed by atoms with Crippen LogP contribution in [-0.2, 0) is 14.3 Å². The van der Waals surface area contributed by atoms with Crippen LogP contribution in [0.15, 0.2) is 42.5 Å². The SMILES string of the molecule is COCCNC(=O)CC[C@@H]1NC(=O)N(c2cccc3ccccc23)C1=O. The fourth-order valence-corrected chi connectivity index (χ4v) is 3.01. The maximum atomic E-state index is 12.7. The Bertz CT molecular complexity index is 831. The van der Waals surface area contributed by atoms with Crippen LogP contribution in [0.5, 0.6) is 0 Å². The molecule has 0 aromatic heterocycles. The molecule has 1 fully saturated rings. The number of hydrogen-bond donors (Lipinski definition) is 2. The zero-order chi connectivity index (χ0) is 18.5. The second-order valence-corrected chi connectivity index (χ2v) is 6.06. The number of hydrogen-bond acceptors (Lipinski definition) is 4. The van der Waals surface area contributed by atoms with Crippen LogP contribution in [0.1, 0.15) is 12.8 Å². The number of urea groups is 1. The lowest BCUT2D eigenvalue weighted by Gasteiger charge is -2.15. The third kappa shape index (κ3) is 3.67. The van der Waals surface area contributed by atoms with Gasteiger partial charge in [-0.1, -0.05) is 36.4 Å². The summed E-state index contributed by atoms with van der Waals surface area (Å²) in [7, 11) is 1.56. The van der Waals surface area contributed by atoms with E-state index in [-0.39, 0.29) is 24.7 Å². The van der Waals surface area contributed by atoms with Crippen LogP contribution in [-0.4, -0.2) is 44.1 Å². The number of anilines is 1. The fourth-order valence-electron chi connectivity index (χ4n) is 3.01. The van der Waals surface area contributed by atoms with Crippen LogP contribution >= 0.6 is 0 Å². The lowest BCUT2D eigenvalue weighted by Crippen LogP contribution is -2.33. The van der Waals surface area contributed by atoms with Gasteiger partial charge in [0.2, 0.25) is 5.91 Å². The number of amides is 4. The Morgan fingerprint density at radius 1 is 1.19 bits per heavy atom. The average molecular weight is 355 g/mol. The minimum atomic E-state index is -0.699. The van der Waals surface area contributed by atoms with Gasteiger partial charge in [0.25, 0.3) is 5.91 Å². The number of nitrogens with zero attached hydrogens (tertiary/aromatic N) is 1. The highest BCUT2D eigenvalue weighted by atomic mass is 16.5. The minimum Gasteiger partial charge on any atom is -0.383 e. The van der Waals surface area contributed by atoms with E-state index in [0.717, 1.165) is 15.7 Å². The second-order valence-electron chi connectivity index (χ2n) is 6.06. The van der Waals surface area contributed by atoms with Gasteiger partial charge in [-0.2, -0.15) is 0 Å². The van der Waals surface area contributed by atoms with Crippen LogP contribution in [0.3, 0.4) is 0 Å². The molecule has 1 aliphatic heterocycles. The summed E-state index contributed by atoms with van der Waals surface area (Å²) in [6, 6.07) is 11.9. The van der Waals surface area contributed by atoms with Crippen molar-refractivity contribution >= 4 is 34.3 Å². The van der Waals surface area contributed by atoms with Gasteiger partial charge in [0.15, 0.2) is 0 Å². The largest absolute Gasteiger partial charge is 0.383 e. The Balaban J connectivity index is 1.70. The zero-order valence-corrected chi connectivity index (χ0v) is 14.5. The van der Waals surface area contributed by atoms with Crippen LogP contribution in [0.4, 0.5) is 10.5 Å². The van der Waals surface area contributed by atoms with Gasteiger partial charge in [0.1, 0.15) is 6.04 Å². The molecule has 1 aliphatic rings. The fraction of sp³-hybridized carbons (Fsp3) is 0.316. The molecule has 0 bridgehead atoms. The molecular weight excluding hydrogens is 334 g/mol. The van der Waals surface area contributed by atoms with Crippen LogP contribution in [0.2, 0.25) is 0 Å². The average Bonchev–Trinajstić information content (AvgIpc) is 2.93. The van der Waals surface area contributed by atoms with E-state index >= 15 is 0 Å². The first kappa shape index (κ1) is 17.9. The lowest BCUT2D eigenvalue weighted by atomic mass is 10.1. The van der Waals surface area contributed by atoms with Gasteiger partial charge in [0.05, 0.1) is 12.3 Å². The summed E-state index contributed by atoms with van der Waals surface area (Å²) < 4.78 is 4.87. The normalized spacial score (nSPS) is 16.8. The van der Waals surface area contributed by atoms with Crippen molar-refractivity contribution in [2.75, 3.05) is 25.2 Å². The van der Waals surface area contributed by atoms with Gasteiger partial charge in [0, 0.05) is 25.5 Å². The maximum absolute atomic E-state index is 12.7. The van der Waals surface area contributed by atoms with Gasteiger partial charge < -0.3 is 15.4 Å². The smallest absolute Gasteiger partial charge is 0.329 e. The van der Waals surface area contributed by atoms with E-state index in [2.05, 4.69) is 10.6 Å². The zero-order valence-electron chi connectivity index (χ0n) is 14.5. The van der Waals surface area contributed by atoms with Crippen molar-refractivity contribution in [3.05, 3.63) is 42.5 Å². The number of nitrogens with one attached hydrogen (secondary N) is 2. The number of fused-ring (bicyclic) bond motifs is 1. The standard InChI is InChI=1S/C19H21N3O4/c1-26-12-11-20-17(23)10-9-15-18(24)22(19(25)21-15)16-8-4-6-13-5-2-3-7-14(13)16/h2-8,15H,9-12H2,1H3,(H,20,23)(H,21,25)/t15-/m0/s1. The number of rotatable bonds is 7. The van der Waals surface area contributed by atoms with E-state index in [4.69, 9.17) is 4.74 Å². The Labute approximate surface area is 151 Å². The first-order chi connectivity index (χ1) is 12.6. The van der Waals surface area contributed by atoms with E-state index in [1.807, 2.05) is 36.4 Å². The third-order valence-corrected chi connectivity index (χ3v) is 4.32. The van der Waals surface area contributed by atoms with Crippen molar-refractivity contribution in [1.82, 2.24) is 10.6 Å². The molecule has 7 heteroatoms. The number of ether oxygens (including phenoxy) is 1. The Hall–Kier alpha value is -2.93. The van der Waals surface area contributed by atoms with E-state index in [0.29, 0.717) is 18.8 Å². The summed E-state index contributed by atoms with van der Waals surface area (Å²) in [4.78, 5) is 38.0. The quantitative estimate of drug-likeness (QED) is 0.586. The molecule has 2 aromatic rings. The second kappa shape index (κ2) is 7.97. The summed E-state index contributed by atoms with van der Waals surface area (Å²) in [5.74, 6) is -0.510. The third-order valence-electron chi connectivity index (χ3n) is 4.32. The van der Waals surface area contributed by atoms with Gasteiger partial charge in [-0.25, -0.2) is 9.69 Å². The van der Waals surface area contributed by atoms with Crippen molar-refractivity contribution in [3.63, 3.8) is 0 Å².